The number of aliphatic hydroxyl groups excluding tert-OH is 1. The van der Waals surface area contributed by atoms with Gasteiger partial charge in [0, 0.05) is 7.11 Å². The molecule has 10 heteroatoms. The predicted octanol–water partition coefficient (Wildman–Crippen LogP) is -2.03. The van der Waals surface area contributed by atoms with Gasteiger partial charge in [-0.15, -0.1) is 0 Å². The number of H-pyrrole nitrogens is 1. The van der Waals surface area contributed by atoms with E-state index >= 15 is 0 Å². The molecule has 0 bridgehead atoms. The highest BCUT2D eigenvalue weighted by atomic mass is 16.6. The highest BCUT2D eigenvalue weighted by Crippen LogP contribution is 2.32. The van der Waals surface area contributed by atoms with E-state index in [0.29, 0.717) is 0 Å². The van der Waals surface area contributed by atoms with Crippen molar-refractivity contribution in [2.24, 2.45) is 0 Å². The third kappa shape index (κ3) is 2.08. The van der Waals surface area contributed by atoms with Crippen molar-refractivity contribution in [3.63, 3.8) is 0 Å². The number of aliphatic hydroxyl groups is 2. The van der Waals surface area contributed by atoms with E-state index in [0.717, 1.165) is 0 Å². The Bertz CT molecular complexity index is 787. The third-order valence-corrected chi connectivity index (χ3v) is 3.34. The van der Waals surface area contributed by atoms with Crippen LogP contribution in [-0.4, -0.2) is 61.7 Å². The number of hydrogen-bond acceptors (Lipinski definition) is 8. The number of fused-ring (bicyclic) bond motifs is 1. The lowest BCUT2D eigenvalue weighted by molar-refractivity contribution is -0.0583. The molecule has 2 aromatic rings. The van der Waals surface area contributed by atoms with E-state index < -0.39 is 36.7 Å². The van der Waals surface area contributed by atoms with Crippen LogP contribution in [0.3, 0.4) is 0 Å². The van der Waals surface area contributed by atoms with Crippen molar-refractivity contribution in [3.05, 3.63) is 16.7 Å². The van der Waals surface area contributed by atoms with Gasteiger partial charge in [0.05, 0.1) is 15.6 Å². The first-order valence-electron chi connectivity index (χ1n) is 7.05. The lowest BCUT2D eigenvalue weighted by Crippen LogP contribution is -2.34. The van der Waals surface area contributed by atoms with Crippen LogP contribution in [0, 0.1) is 0 Å². The molecule has 5 N–H and O–H groups in total. The molecule has 1 fully saturated rings. The van der Waals surface area contributed by atoms with Gasteiger partial charge in [-0.1, -0.05) is 0 Å². The molecule has 21 heavy (non-hydrogen) atoms. The van der Waals surface area contributed by atoms with Crippen LogP contribution in [0.25, 0.3) is 11.2 Å². The van der Waals surface area contributed by atoms with Gasteiger partial charge in [-0.2, -0.15) is 4.98 Å². The first-order chi connectivity index (χ1) is 10.7. The molecule has 3 rings (SSSR count). The van der Waals surface area contributed by atoms with Gasteiger partial charge >= 0.3 is 0 Å². The van der Waals surface area contributed by atoms with Gasteiger partial charge < -0.3 is 25.4 Å². The van der Waals surface area contributed by atoms with Gasteiger partial charge in [-0.25, -0.2) is 4.98 Å². The van der Waals surface area contributed by atoms with Gasteiger partial charge in [0.25, 0.3) is 5.56 Å². The van der Waals surface area contributed by atoms with Crippen molar-refractivity contribution in [2.75, 3.05) is 19.4 Å². The normalized spacial score (nSPS) is 31.4. The molecule has 10 nitrogen and oxygen atoms in total. The SMILES string of the molecule is [2H]C([2H])(O)[C@H]1O[C@@H](n2cnc3c(=O)[nH]c(N)nc32)[C@@H](OC)C1O. The summed E-state index contributed by atoms with van der Waals surface area (Å²) in [7, 11) is 1.30. The standard InChI is InChI=1S/C11H15N5O5/c1-20-7-6(18)4(2-17)21-10(7)16-3-13-5-8(16)14-11(12)15-9(5)19/h3-4,6-7,10,17-18H,2H2,1H3,(H3,12,14,15,19)/t4-,6?,7+,10-/m1/s1/i2D2. The molecule has 1 aliphatic heterocycles. The second-order valence-electron chi connectivity index (χ2n) is 4.54. The molecule has 0 radical (unpaired) electrons. The van der Waals surface area contributed by atoms with Crippen molar-refractivity contribution in [1.82, 2.24) is 19.5 Å². The molecule has 0 spiro atoms. The van der Waals surface area contributed by atoms with Crippen LogP contribution in [0.5, 0.6) is 0 Å². The number of nitrogens with one attached hydrogen (secondary N) is 1. The molecule has 0 aromatic carbocycles. The fraction of sp³-hybridized carbons (Fsp3) is 0.545. The maximum Gasteiger partial charge on any atom is 0.280 e. The highest BCUT2D eigenvalue weighted by Gasteiger charge is 2.45. The van der Waals surface area contributed by atoms with Crippen LogP contribution in [0.2, 0.25) is 0 Å². The zero-order chi connectivity index (χ0) is 16.9. The largest absolute Gasteiger partial charge is 0.394 e. The van der Waals surface area contributed by atoms with Crippen molar-refractivity contribution in [1.29, 1.82) is 0 Å². The summed E-state index contributed by atoms with van der Waals surface area (Å²) in [6.07, 6.45) is -3.82. The lowest BCUT2D eigenvalue weighted by atomic mass is 10.1. The van der Waals surface area contributed by atoms with E-state index in [4.69, 9.17) is 17.9 Å². The summed E-state index contributed by atoms with van der Waals surface area (Å²) in [5.41, 5.74) is 5.05. The molecule has 1 aliphatic rings. The Kier molecular flexibility index (Phi) is 2.81. The van der Waals surface area contributed by atoms with E-state index in [2.05, 4.69) is 15.0 Å². The van der Waals surface area contributed by atoms with Gasteiger partial charge in [0.15, 0.2) is 17.4 Å². The number of nitrogen functional groups attached to an aromatic ring is 1. The van der Waals surface area contributed by atoms with Crippen molar-refractivity contribution in [3.8, 4) is 0 Å². The maximum absolute atomic E-state index is 11.8. The molecule has 0 aliphatic carbocycles. The lowest BCUT2D eigenvalue weighted by Gasteiger charge is -2.19. The van der Waals surface area contributed by atoms with Gasteiger partial charge in [-0.3, -0.25) is 14.3 Å². The number of rotatable bonds is 3. The van der Waals surface area contributed by atoms with Crippen LogP contribution in [0.1, 0.15) is 8.97 Å². The smallest absolute Gasteiger partial charge is 0.280 e. The number of aromatic nitrogens is 4. The van der Waals surface area contributed by atoms with E-state index in [1.807, 2.05) is 0 Å². The number of hydrogen-bond donors (Lipinski definition) is 4. The Hall–Kier alpha value is -2.01. The minimum Gasteiger partial charge on any atom is -0.394 e. The average molecular weight is 299 g/mol. The topological polar surface area (TPSA) is 149 Å². The van der Waals surface area contributed by atoms with E-state index in [1.54, 1.807) is 0 Å². The quantitative estimate of drug-likeness (QED) is 0.507. The Labute approximate surface area is 121 Å². The van der Waals surface area contributed by atoms with Crippen molar-refractivity contribution in [2.45, 2.75) is 24.5 Å². The zero-order valence-corrected chi connectivity index (χ0v) is 10.9. The molecule has 4 atom stereocenters. The summed E-state index contributed by atoms with van der Waals surface area (Å²) >= 11 is 0. The van der Waals surface area contributed by atoms with Crippen molar-refractivity contribution < 1.29 is 22.4 Å². The summed E-state index contributed by atoms with van der Waals surface area (Å²) in [4.78, 5) is 22.0. The summed E-state index contributed by atoms with van der Waals surface area (Å²) in [6.45, 7) is -2.79. The van der Waals surface area contributed by atoms with Gasteiger partial charge in [-0.05, 0) is 0 Å². The number of aromatic amines is 1. The monoisotopic (exact) mass is 299 g/mol. The Balaban J connectivity index is 2.09. The summed E-state index contributed by atoms with van der Waals surface area (Å²) in [6, 6.07) is 0. The molecule has 0 saturated carbocycles. The minimum absolute atomic E-state index is 0.00241. The Morgan fingerprint density at radius 3 is 3.14 bits per heavy atom. The number of anilines is 1. The summed E-state index contributed by atoms with van der Waals surface area (Å²) in [5.74, 6) is -0.134. The van der Waals surface area contributed by atoms with E-state index in [9.17, 15) is 15.0 Å². The fourth-order valence-corrected chi connectivity index (χ4v) is 2.36. The highest BCUT2D eigenvalue weighted by molar-refractivity contribution is 5.70. The van der Waals surface area contributed by atoms with E-state index in [1.165, 1.54) is 18.0 Å². The van der Waals surface area contributed by atoms with Crippen LogP contribution < -0.4 is 11.3 Å². The first-order valence-corrected chi connectivity index (χ1v) is 6.05. The molecule has 2 aromatic heterocycles. The molecule has 1 unspecified atom stereocenters. The Morgan fingerprint density at radius 1 is 1.71 bits per heavy atom. The number of methoxy groups -OCH3 is 1. The second kappa shape index (κ2) is 5.07. The maximum atomic E-state index is 11.8. The number of ether oxygens (including phenoxy) is 2. The second-order valence-corrected chi connectivity index (χ2v) is 4.54. The average Bonchev–Trinajstić information content (AvgIpc) is 2.98. The summed E-state index contributed by atoms with van der Waals surface area (Å²) < 4.78 is 26.5. The molecule has 114 valence electrons. The molecule has 1 saturated heterocycles. The van der Waals surface area contributed by atoms with Gasteiger partial charge in [0.1, 0.15) is 18.3 Å². The minimum atomic E-state index is -2.79. The molecule has 0 amide bonds. The van der Waals surface area contributed by atoms with E-state index in [-0.39, 0.29) is 17.1 Å². The van der Waals surface area contributed by atoms with Crippen LogP contribution in [-0.2, 0) is 9.47 Å². The van der Waals surface area contributed by atoms with Crippen LogP contribution in [0.4, 0.5) is 5.95 Å². The van der Waals surface area contributed by atoms with Crippen LogP contribution >= 0.6 is 0 Å². The molecule has 3 heterocycles. The van der Waals surface area contributed by atoms with Gasteiger partial charge in [0.2, 0.25) is 5.95 Å². The Morgan fingerprint density at radius 2 is 2.48 bits per heavy atom. The molecular weight excluding hydrogens is 282 g/mol. The first kappa shape index (κ1) is 11.6. The fourth-order valence-electron chi connectivity index (χ4n) is 2.36. The number of nitrogens with two attached hydrogens (primary N) is 1. The molecular formula is C11H15N5O5. The zero-order valence-electron chi connectivity index (χ0n) is 12.9. The van der Waals surface area contributed by atoms with Crippen molar-refractivity contribution >= 4 is 17.1 Å². The predicted molar refractivity (Wildman–Crippen MR) is 70.4 cm³/mol. The number of nitrogens with zero attached hydrogens (tertiary/aromatic N) is 3. The number of imidazole rings is 1. The third-order valence-electron chi connectivity index (χ3n) is 3.34. The van der Waals surface area contributed by atoms with Crippen LogP contribution in [0.15, 0.2) is 11.1 Å². The summed E-state index contributed by atoms with van der Waals surface area (Å²) in [5, 5.41) is 19.6.